The van der Waals surface area contributed by atoms with E-state index in [-0.39, 0.29) is 5.69 Å². The van der Waals surface area contributed by atoms with Crippen molar-refractivity contribution in [3.05, 3.63) is 103 Å². The molecule has 0 radical (unpaired) electrons. The second-order valence-corrected chi connectivity index (χ2v) is 8.79. The van der Waals surface area contributed by atoms with Gasteiger partial charge in [0.25, 0.3) is 11.6 Å². The quantitative estimate of drug-likeness (QED) is 0.179. The summed E-state index contributed by atoms with van der Waals surface area (Å²) in [5, 5.41) is 16.5. The minimum absolute atomic E-state index is 0.0188. The number of nitrogens with zero attached hydrogens (tertiary/aromatic N) is 2. The minimum Gasteiger partial charge on any atom is -0.489 e. The average molecular weight is 500 g/mol. The Balaban J connectivity index is 1.33. The molecule has 1 aromatic heterocycles. The van der Waals surface area contributed by atoms with Gasteiger partial charge < -0.3 is 4.74 Å². The number of nitro benzene ring substituents is 1. The molecule has 7 nitrogen and oxygen atoms in total. The van der Waals surface area contributed by atoms with Gasteiger partial charge in [0.1, 0.15) is 12.4 Å². The number of benzene rings is 3. The Hall–Kier alpha value is -3.46. The Morgan fingerprint density at radius 1 is 1.06 bits per heavy atom. The molecule has 0 spiro atoms. The molecule has 4 aromatic rings. The molecule has 0 aliphatic carbocycles. The van der Waals surface area contributed by atoms with E-state index in [4.69, 9.17) is 27.9 Å². The molecular weight excluding hydrogens is 485 g/mol. The number of nitro groups is 1. The van der Waals surface area contributed by atoms with Crippen molar-refractivity contribution in [2.24, 2.45) is 5.10 Å². The third kappa shape index (κ3) is 5.67. The summed E-state index contributed by atoms with van der Waals surface area (Å²) in [4.78, 5) is 23.2. The Labute approximate surface area is 202 Å². The van der Waals surface area contributed by atoms with Gasteiger partial charge in [-0.15, -0.1) is 11.3 Å². The summed E-state index contributed by atoms with van der Waals surface area (Å²) >= 11 is 13.2. The third-order valence-electron chi connectivity index (χ3n) is 4.58. The number of rotatable bonds is 7. The minimum atomic E-state index is -0.468. The van der Waals surface area contributed by atoms with Gasteiger partial charge in [0.2, 0.25) is 0 Å². The first-order valence-electron chi connectivity index (χ1n) is 9.57. The summed E-state index contributed by atoms with van der Waals surface area (Å²) in [5.41, 5.74) is 4.12. The van der Waals surface area contributed by atoms with Crippen molar-refractivity contribution in [3.8, 4) is 5.75 Å². The predicted octanol–water partition coefficient (Wildman–Crippen LogP) is 6.46. The van der Waals surface area contributed by atoms with Crippen molar-refractivity contribution >= 4 is 62.4 Å². The van der Waals surface area contributed by atoms with Gasteiger partial charge >= 0.3 is 0 Å². The maximum absolute atomic E-state index is 12.4. The fourth-order valence-corrected chi connectivity index (χ4v) is 4.18. The highest BCUT2D eigenvalue weighted by Gasteiger charge is 2.13. The molecule has 1 amide bonds. The molecule has 0 atom stereocenters. The highest BCUT2D eigenvalue weighted by Crippen LogP contribution is 2.29. The molecule has 0 saturated carbocycles. The SMILES string of the molecule is O=C(N/N=C\c1ccc(OCc2ccc(Cl)c(Cl)c2)cc1)c1cc2cc([N+](=O)[O-])ccc2s1. The number of hydrazone groups is 1. The normalized spacial score (nSPS) is 11.1. The van der Waals surface area contributed by atoms with Gasteiger partial charge in [-0.2, -0.15) is 5.10 Å². The van der Waals surface area contributed by atoms with Gasteiger partial charge in [-0.3, -0.25) is 14.9 Å². The van der Waals surface area contributed by atoms with Gasteiger partial charge in [0.15, 0.2) is 0 Å². The number of hydrogen-bond donors (Lipinski definition) is 1. The number of nitrogens with one attached hydrogen (secondary N) is 1. The maximum atomic E-state index is 12.4. The van der Waals surface area contributed by atoms with E-state index in [0.717, 1.165) is 15.8 Å². The Morgan fingerprint density at radius 2 is 1.85 bits per heavy atom. The van der Waals surface area contributed by atoms with Crippen LogP contribution in [-0.4, -0.2) is 17.0 Å². The second-order valence-electron chi connectivity index (χ2n) is 6.90. The van der Waals surface area contributed by atoms with Crippen molar-refractivity contribution in [1.82, 2.24) is 5.43 Å². The molecule has 0 unspecified atom stereocenters. The van der Waals surface area contributed by atoms with Crippen LogP contribution in [0, 0.1) is 10.1 Å². The van der Waals surface area contributed by atoms with Crippen LogP contribution in [0.3, 0.4) is 0 Å². The van der Waals surface area contributed by atoms with E-state index in [0.29, 0.717) is 32.7 Å². The van der Waals surface area contributed by atoms with Gasteiger partial charge in [-0.05, 0) is 59.7 Å². The lowest BCUT2D eigenvalue weighted by molar-refractivity contribution is -0.384. The molecule has 1 N–H and O–H groups in total. The number of hydrogen-bond acceptors (Lipinski definition) is 6. The highest BCUT2D eigenvalue weighted by molar-refractivity contribution is 7.20. The lowest BCUT2D eigenvalue weighted by Gasteiger charge is -2.07. The molecule has 0 aliphatic rings. The number of halogens is 2. The van der Waals surface area contributed by atoms with Gasteiger partial charge in [-0.25, -0.2) is 5.43 Å². The van der Waals surface area contributed by atoms with Crippen LogP contribution in [0.25, 0.3) is 10.1 Å². The number of ether oxygens (including phenoxy) is 1. The van der Waals surface area contributed by atoms with Crippen LogP contribution in [-0.2, 0) is 6.61 Å². The van der Waals surface area contributed by atoms with E-state index in [1.807, 2.05) is 6.07 Å². The number of non-ortho nitro benzene ring substituents is 1. The zero-order chi connectivity index (χ0) is 23.4. The van der Waals surface area contributed by atoms with Gasteiger partial charge in [-0.1, -0.05) is 29.3 Å². The largest absolute Gasteiger partial charge is 0.489 e. The summed E-state index contributed by atoms with van der Waals surface area (Å²) in [7, 11) is 0. The smallest absolute Gasteiger partial charge is 0.281 e. The lowest BCUT2D eigenvalue weighted by Crippen LogP contribution is -2.16. The third-order valence-corrected chi connectivity index (χ3v) is 6.44. The molecule has 0 fully saturated rings. The number of carbonyl (C=O) groups excluding carboxylic acids is 1. The molecule has 33 heavy (non-hydrogen) atoms. The van der Waals surface area contributed by atoms with Crippen LogP contribution in [0.1, 0.15) is 20.8 Å². The summed E-state index contributed by atoms with van der Waals surface area (Å²) in [6.07, 6.45) is 1.51. The van der Waals surface area contributed by atoms with Gasteiger partial charge in [0.05, 0.1) is 26.1 Å². The first-order valence-corrected chi connectivity index (χ1v) is 11.1. The van der Waals surface area contributed by atoms with E-state index in [1.54, 1.807) is 48.5 Å². The number of amides is 1. The van der Waals surface area contributed by atoms with E-state index in [2.05, 4.69) is 10.5 Å². The number of carbonyl (C=O) groups is 1. The van der Waals surface area contributed by atoms with E-state index in [1.165, 1.54) is 29.7 Å². The predicted molar refractivity (Wildman–Crippen MR) is 131 cm³/mol. The van der Waals surface area contributed by atoms with Crippen LogP contribution in [0.5, 0.6) is 5.75 Å². The zero-order valence-electron chi connectivity index (χ0n) is 16.8. The van der Waals surface area contributed by atoms with Crippen molar-refractivity contribution < 1.29 is 14.5 Å². The maximum Gasteiger partial charge on any atom is 0.281 e. The Kier molecular flexibility index (Phi) is 6.88. The summed E-state index contributed by atoms with van der Waals surface area (Å²) in [6, 6.07) is 18.6. The average Bonchev–Trinajstić information content (AvgIpc) is 3.24. The Bertz CT molecular complexity index is 1370. The molecule has 166 valence electrons. The van der Waals surface area contributed by atoms with Crippen LogP contribution < -0.4 is 10.2 Å². The van der Waals surface area contributed by atoms with Crippen molar-refractivity contribution in [1.29, 1.82) is 0 Å². The second kappa shape index (κ2) is 9.99. The fourth-order valence-electron chi connectivity index (χ4n) is 2.92. The van der Waals surface area contributed by atoms with Gasteiger partial charge in [0, 0.05) is 22.2 Å². The highest BCUT2D eigenvalue weighted by atomic mass is 35.5. The summed E-state index contributed by atoms with van der Waals surface area (Å²) in [5.74, 6) is 0.276. The molecule has 10 heteroatoms. The molecule has 0 saturated heterocycles. The van der Waals surface area contributed by atoms with Crippen molar-refractivity contribution in [2.75, 3.05) is 0 Å². The van der Waals surface area contributed by atoms with E-state index in [9.17, 15) is 14.9 Å². The van der Waals surface area contributed by atoms with E-state index < -0.39 is 10.8 Å². The fraction of sp³-hybridized carbons (Fsp3) is 0.0435. The molecular formula is C23H15Cl2N3O4S. The van der Waals surface area contributed by atoms with Crippen molar-refractivity contribution in [2.45, 2.75) is 6.61 Å². The molecule has 1 heterocycles. The number of fused-ring (bicyclic) bond motifs is 1. The van der Waals surface area contributed by atoms with Crippen LogP contribution >= 0.6 is 34.5 Å². The lowest BCUT2D eigenvalue weighted by atomic mass is 10.2. The molecule has 0 bridgehead atoms. The topological polar surface area (TPSA) is 93.8 Å². The molecule has 3 aromatic carbocycles. The first kappa shape index (κ1) is 22.7. The van der Waals surface area contributed by atoms with Crippen molar-refractivity contribution in [3.63, 3.8) is 0 Å². The van der Waals surface area contributed by atoms with Crippen LogP contribution in [0.2, 0.25) is 10.0 Å². The first-order chi connectivity index (χ1) is 15.9. The zero-order valence-corrected chi connectivity index (χ0v) is 19.2. The summed E-state index contributed by atoms with van der Waals surface area (Å²) < 4.78 is 6.52. The molecule has 0 aliphatic heterocycles. The van der Waals surface area contributed by atoms with E-state index >= 15 is 0 Å². The number of thiophene rings is 1. The molecule has 4 rings (SSSR count). The summed E-state index contributed by atoms with van der Waals surface area (Å²) in [6.45, 7) is 0.346. The van der Waals surface area contributed by atoms with Crippen LogP contribution in [0.4, 0.5) is 5.69 Å². The Morgan fingerprint density at radius 3 is 2.58 bits per heavy atom. The standard InChI is InChI=1S/C23H15Cl2N3O4S/c24-19-7-3-15(9-20(19)25)13-32-18-5-1-14(2-6-18)12-26-27-23(29)22-11-16-10-17(28(30)31)4-8-21(16)33-22/h1-12H,13H2,(H,27,29)/b26-12-. The van der Waals surface area contributed by atoms with Crippen LogP contribution in [0.15, 0.2) is 71.8 Å². The monoisotopic (exact) mass is 499 g/mol.